The summed E-state index contributed by atoms with van der Waals surface area (Å²) >= 11 is 14.4. The molecule has 1 aliphatic rings. The number of fused-ring (bicyclic) bond motifs is 1. The molecule has 0 atom stereocenters. The smallest absolute Gasteiger partial charge is 0.341 e. The lowest BCUT2D eigenvalue weighted by molar-refractivity contribution is 0.0601. The van der Waals surface area contributed by atoms with E-state index < -0.39 is 11.9 Å². The van der Waals surface area contributed by atoms with E-state index in [1.54, 1.807) is 0 Å². The monoisotopic (exact) mass is 483 g/mol. The van der Waals surface area contributed by atoms with Gasteiger partial charge >= 0.3 is 5.97 Å². The molecule has 3 heterocycles. The van der Waals surface area contributed by atoms with Crippen LogP contribution in [0, 0.1) is 6.92 Å². The Morgan fingerprint density at radius 3 is 2.63 bits per heavy atom. The largest absolute Gasteiger partial charge is 0.465 e. The summed E-state index contributed by atoms with van der Waals surface area (Å²) in [5, 5.41) is 3.18. The van der Waals surface area contributed by atoms with E-state index in [1.165, 1.54) is 24.5 Å². The molecule has 30 heavy (non-hydrogen) atoms. The third-order valence-electron chi connectivity index (χ3n) is 4.57. The first-order valence-electron chi connectivity index (χ1n) is 8.72. The lowest BCUT2D eigenvalue weighted by Crippen LogP contribution is -2.14. The number of esters is 1. The van der Waals surface area contributed by atoms with Crippen LogP contribution < -0.4 is 14.8 Å². The van der Waals surface area contributed by atoms with Crippen molar-refractivity contribution < 1.29 is 23.8 Å². The summed E-state index contributed by atoms with van der Waals surface area (Å²) in [6, 6.07) is 7.20. The Balaban J connectivity index is 1.65. The molecule has 1 amide bonds. The second-order valence-corrected chi connectivity index (χ2v) is 9.79. The molecular formula is C20H15Cl2NO5S2. The topological polar surface area (TPSA) is 73.9 Å². The number of benzene rings is 1. The van der Waals surface area contributed by atoms with Crippen LogP contribution in [0.4, 0.5) is 5.00 Å². The zero-order chi connectivity index (χ0) is 21.4. The molecule has 0 saturated carbocycles. The van der Waals surface area contributed by atoms with Crippen molar-refractivity contribution in [3.8, 4) is 11.5 Å². The summed E-state index contributed by atoms with van der Waals surface area (Å²) in [5.74, 6) is 0.429. The van der Waals surface area contributed by atoms with Gasteiger partial charge in [0.25, 0.3) is 5.91 Å². The third kappa shape index (κ3) is 4.00. The highest BCUT2D eigenvalue weighted by Gasteiger charge is 2.25. The van der Waals surface area contributed by atoms with Crippen molar-refractivity contribution >= 4 is 62.8 Å². The van der Waals surface area contributed by atoms with Crippen molar-refractivity contribution in [3.63, 3.8) is 0 Å². The number of rotatable bonds is 5. The van der Waals surface area contributed by atoms with Crippen LogP contribution in [-0.4, -0.2) is 25.8 Å². The van der Waals surface area contributed by atoms with E-state index in [0.717, 1.165) is 27.3 Å². The number of hydrogen-bond donors (Lipinski definition) is 1. The minimum Gasteiger partial charge on any atom is -0.465 e. The number of nitrogens with one attached hydrogen (secondary N) is 1. The maximum atomic E-state index is 12.7. The third-order valence-corrected chi connectivity index (χ3v) is 7.26. The highest BCUT2D eigenvalue weighted by molar-refractivity contribution is 7.20. The molecule has 4 rings (SSSR count). The predicted octanol–water partition coefficient (Wildman–Crippen LogP) is 5.78. The molecule has 156 valence electrons. The number of hydrogen-bond acceptors (Lipinski definition) is 7. The van der Waals surface area contributed by atoms with E-state index in [2.05, 4.69) is 5.32 Å². The molecule has 1 aliphatic heterocycles. The molecule has 1 aromatic carbocycles. The normalized spacial score (nSPS) is 12.1. The number of carbonyl (C=O) groups excluding carboxylic acids is 2. The number of amides is 1. The Kier molecular flexibility index (Phi) is 5.92. The zero-order valence-corrected chi connectivity index (χ0v) is 19.0. The Labute approximate surface area is 190 Å². The van der Waals surface area contributed by atoms with Gasteiger partial charge < -0.3 is 19.5 Å². The summed E-state index contributed by atoms with van der Waals surface area (Å²) in [5.41, 5.74) is 2.31. The van der Waals surface area contributed by atoms with Gasteiger partial charge in [-0.2, -0.15) is 0 Å². The first-order chi connectivity index (χ1) is 14.4. The summed E-state index contributed by atoms with van der Waals surface area (Å²) in [6.45, 7) is 2.03. The first-order valence-corrected chi connectivity index (χ1v) is 11.1. The summed E-state index contributed by atoms with van der Waals surface area (Å²) in [7, 11) is 1.30. The fourth-order valence-corrected chi connectivity index (χ4v) is 5.75. The van der Waals surface area contributed by atoms with Crippen LogP contribution in [0.3, 0.4) is 0 Å². The Bertz CT molecular complexity index is 1150. The summed E-state index contributed by atoms with van der Waals surface area (Å²) in [4.78, 5) is 26.0. The zero-order valence-electron chi connectivity index (χ0n) is 15.8. The number of methoxy groups -OCH3 is 1. The second kappa shape index (κ2) is 8.47. The lowest BCUT2D eigenvalue weighted by atomic mass is 10.1. The van der Waals surface area contributed by atoms with Crippen LogP contribution in [0.15, 0.2) is 24.3 Å². The number of anilines is 1. The quantitative estimate of drug-likeness (QED) is 0.465. The molecule has 6 nitrogen and oxygen atoms in total. The molecule has 0 fully saturated rings. The van der Waals surface area contributed by atoms with E-state index in [0.29, 0.717) is 32.8 Å². The second-order valence-electron chi connectivity index (χ2n) is 6.40. The Morgan fingerprint density at radius 1 is 1.17 bits per heavy atom. The SMILES string of the molecule is COC(=O)c1c(NC(=O)c2cc(Cl)sc2Cl)sc(Cc2ccc3c(c2)OCO3)c1C. The maximum absolute atomic E-state index is 12.7. The van der Waals surface area contributed by atoms with Gasteiger partial charge in [0.05, 0.1) is 22.6 Å². The van der Waals surface area contributed by atoms with Crippen LogP contribution in [0.5, 0.6) is 11.5 Å². The van der Waals surface area contributed by atoms with Crippen molar-refractivity contribution in [1.82, 2.24) is 0 Å². The van der Waals surface area contributed by atoms with Gasteiger partial charge in [0.1, 0.15) is 9.34 Å². The van der Waals surface area contributed by atoms with Crippen LogP contribution in [-0.2, 0) is 11.2 Å². The molecule has 0 spiro atoms. The molecule has 2 aromatic heterocycles. The average Bonchev–Trinajstić information content (AvgIpc) is 3.39. The molecular weight excluding hydrogens is 469 g/mol. The van der Waals surface area contributed by atoms with Gasteiger partial charge in [0, 0.05) is 11.3 Å². The van der Waals surface area contributed by atoms with Crippen LogP contribution in [0.25, 0.3) is 0 Å². The lowest BCUT2D eigenvalue weighted by Gasteiger charge is -2.05. The van der Waals surface area contributed by atoms with Crippen LogP contribution in [0.2, 0.25) is 8.67 Å². The molecule has 0 bridgehead atoms. The first kappa shape index (κ1) is 21.0. The van der Waals surface area contributed by atoms with Crippen molar-refractivity contribution in [2.24, 2.45) is 0 Å². The van der Waals surface area contributed by atoms with Gasteiger partial charge in [0.2, 0.25) is 6.79 Å². The number of ether oxygens (including phenoxy) is 3. The van der Waals surface area contributed by atoms with Gasteiger partial charge in [0.15, 0.2) is 11.5 Å². The van der Waals surface area contributed by atoms with Crippen LogP contribution in [0.1, 0.15) is 36.7 Å². The predicted molar refractivity (Wildman–Crippen MR) is 118 cm³/mol. The van der Waals surface area contributed by atoms with Crippen molar-refractivity contribution in [1.29, 1.82) is 0 Å². The highest BCUT2D eigenvalue weighted by Crippen LogP contribution is 2.38. The van der Waals surface area contributed by atoms with Gasteiger partial charge in [-0.25, -0.2) is 4.79 Å². The molecule has 10 heteroatoms. The average molecular weight is 484 g/mol. The molecule has 0 radical (unpaired) electrons. The minimum atomic E-state index is -0.523. The molecule has 0 aliphatic carbocycles. The van der Waals surface area contributed by atoms with Crippen molar-refractivity contribution in [2.45, 2.75) is 13.3 Å². The van der Waals surface area contributed by atoms with Gasteiger partial charge in [-0.3, -0.25) is 4.79 Å². The van der Waals surface area contributed by atoms with Crippen molar-refractivity contribution in [2.75, 3.05) is 19.2 Å². The van der Waals surface area contributed by atoms with Gasteiger partial charge in [-0.1, -0.05) is 29.3 Å². The highest BCUT2D eigenvalue weighted by atomic mass is 35.5. The fourth-order valence-electron chi connectivity index (χ4n) is 3.07. The number of halogens is 2. The maximum Gasteiger partial charge on any atom is 0.341 e. The molecule has 3 aromatic rings. The number of carbonyl (C=O) groups is 2. The van der Waals surface area contributed by atoms with Crippen LogP contribution >= 0.6 is 45.9 Å². The molecule has 0 saturated heterocycles. The van der Waals surface area contributed by atoms with E-state index in [1.807, 2.05) is 25.1 Å². The summed E-state index contributed by atoms with van der Waals surface area (Å²) < 4.78 is 16.4. The van der Waals surface area contributed by atoms with E-state index in [9.17, 15) is 9.59 Å². The van der Waals surface area contributed by atoms with Gasteiger partial charge in [-0.05, 0) is 36.2 Å². The Hall–Kier alpha value is -2.26. The van der Waals surface area contributed by atoms with E-state index >= 15 is 0 Å². The van der Waals surface area contributed by atoms with E-state index in [4.69, 9.17) is 37.4 Å². The van der Waals surface area contributed by atoms with Crippen molar-refractivity contribution in [3.05, 3.63) is 60.1 Å². The summed E-state index contributed by atoms with van der Waals surface area (Å²) in [6.07, 6.45) is 0.554. The fraction of sp³-hybridized carbons (Fsp3) is 0.200. The molecule has 0 unspecified atom stereocenters. The molecule has 1 N–H and O–H groups in total. The standard InChI is InChI=1S/C20H15Cl2NO5S2/c1-9-14(6-10-3-4-12-13(5-10)28-8-27-12)29-19(16(9)20(25)26-2)23-18(24)11-7-15(21)30-17(11)22/h3-5,7H,6,8H2,1-2H3,(H,23,24). The number of thiophene rings is 2. The van der Waals surface area contributed by atoms with Gasteiger partial charge in [-0.15, -0.1) is 22.7 Å². The van der Waals surface area contributed by atoms with E-state index in [-0.39, 0.29) is 16.7 Å². The minimum absolute atomic E-state index is 0.203. The Morgan fingerprint density at radius 2 is 1.93 bits per heavy atom.